The van der Waals surface area contributed by atoms with Crippen LogP contribution in [-0.4, -0.2) is 46.6 Å². The number of ether oxygens (including phenoxy) is 1. The van der Waals surface area contributed by atoms with E-state index >= 15 is 0 Å². The molecule has 4 rings (SSSR count). The van der Waals surface area contributed by atoms with Crippen molar-refractivity contribution in [3.8, 4) is 0 Å². The summed E-state index contributed by atoms with van der Waals surface area (Å²) in [6.07, 6.45) is 8.18. The molecule has 1 fully saturated rings. The van der Waals surface area contributed by atoms with Crippen molar-refractivity contribution in [2.45, 2.75) is 18.8 Å². The van der Waals surface area contributed by atoms with Crippen molar-refractivity contribution >= 4 is 22.7 Å². The lowest BCUT2D eigenvalue weighted by atomic mass is 9.94. The highest BCUT2D eigenvalue weighted by molar-refractivity contribution is 5.84. The van der Waals surface area contributed by atoms with Crippen molar-refractivity contribution in [1.82, 2.24) is 25.1 Å². The molecule has 0 aromatic carbocycles. The van der Waals surface area contributed by atoms with Gasteiger partial charge in [0.05, 0.1) is 29.5 Å². The highest BCUT2D eigenvalue weighted by Crippen LogP contribution is 2.26. The average molecular weight is 363 g/mol. The fourth-order valence-electron chi connectivity index (χ4n) is 3.61. The van der Waals surface area contributed by atoms with Crippen LogP contribution in [0.4, 0.5) is 0 Å². The summed E-state index contributed by atoms with van der Waals surface area (Å²) in [5, 5.41) is 7.63. The topological polar surface area (TPSA) is 64.9 Å². The fraction of sp³-hybridized carbons (Fsp3) is 0.381. The van der Waals surface area contributed by atoms with Gasteiger partial charge in [0.25, 0.3) is 0 Å². The summed E-state index contributed by atoms with van der Waals surface area (Å²) >= 11 is 0. The zero-order valence-corrected chi connectivity index (χ0v) is 15.9. The monoisotopic (exact) mass is 363 g/mol. The lowest BCUT2D eigenvalue weighted by molar-refractivity contribution is 0.240. The Morgan fingerprint density at radius 3 is 2.70 bits per heavy atom. The van der Waals surface area contributed by atoms with E-state index in [9.17, 15) is 0 Å². The van der Waals surface area contributed by atoms with E-state index in [0.29, 0.717) is 12.5 Å². The van der Waals surface area contributed by atoms with Gasteiger partial charge in [-0.05, 0) is 56.3 Å². The Labute approximate surface area is 159 Å². The molecule has 0 atom stereocenters. The molecular formula is C21H25N5O. The first-order valence-corrected chi connectivity index (χ1v) is 9.40. The minimum atomic E-state index is 0.494. The number of hydrogen-bond acceptors (Lipinski definition) is 5. The Kier molecular flexibility index (Phi) is 5.27. The molecule has 3 aromatic heterocycles. The zero-order chi connectivity index (χ0) is 18.6. The Bertz CT molecular complexity index is 956. The Balaban J connectivity index is 1.66. The third-order valence-corrected chi connectivity index (χ3v) is 5.02. The van der Waals surface area contributed by atoms with Crippen LogP contribution in [0.15, 0.2) is 36.7 Å². The van der Waals surface area contributed by atoms with E-state index < -0.39 is 0 Å². The summed E-state index contributed by atoms with van der Waals surface area (Å²) in [5.41, 5.74) is 6.01. The second kappa shape index (κ2) is 7.98. The van der Waals surface area contributed by atoms with E-state index in [1.807, 2.05) is 25.5 Å². The van der Waals surface area contributed by atoms with Crippen LogP contribution in [0, 0.1) is 0 Å². The molecule has 0 bridgehead atoms. The number of pyridine rings is 2. The first-order valence-electron chi connectivity index (χ1n) is 9.40. The van der Waals surface area contributed by atoms with Crippen LogP contribution in [0.3, 0.4) is 0 Å². The summed E-state index contributed by atoms with van der Waals surface area (Å²) in [5.74, 6) is 0.546. The zero-order valence-electron chi connectivity index (χ0n) is 15.9. The first kappa shape index (κ1) is 17.8. The number of rotatable bonds is 5. The van der Waals surface area contributed by atoms with Gasteiger partial charge in [-0.1, -0.05) is 0 Å². The van der Waals surface area contributed by atoms with Crippen molar-refractivity contribution < 1.29 is 4.74 Å². The molecule has 0 spiro atoms. The molecule has 0 radical (unpaired) electrons. The number of fused-ring (bicyclic) bond motifs is 1. The van der Waals surface area contributed by atoms with Crippen LogP contribution in [0.1, 0.15) is 35.7 Å². The molecule has 1 aliphatic rings. The van der Waals surface area contributed by atoms with Gasteiger partial charge in [0, 0.05) is 43.1 Å². The molecule has 3 aromatic rings. The minimum Gasteiger partial charge on any atom is -0.380 e. The van der Waals surface area contributed by atoms with Crippen molar-refractivity contribution in [1.29, 1.82) is 0 Å². The standard InChI is InChI=1S/C21H25N5O/c1-26-13-15(12-23-26)11-17(14-27-2)19-4-6-20-21(25-19)5-3-18(24-20)16-7-9-22-10-8-16/h3-6,11-13,16,22H,7-10,14H2,1-2H3/b17-11+. The number of aryl methyl sites for hydroxylation is 1. The van der Waals surface area contributed by atoms with Gasteiger partial charge in [-0.3, -0.25) is 9.67 Å². The van der Waals surface area contributed by atoms with E-state index in [4.69, 9.17) is 14.7 Å². The SMILES string of the molecule is COC/C(=C\c1cnn(C)c1)c1ccc2nc(C3CCNCC3)ccc2n1. The Hall–Kier alpha value is -2.57. The molecule has 1 N–H and O–H groups in total. The van der Waals surface area contributed by atoms with Crippen LogP contribution >= 0.6 is 0 Å². The minimum absolute atomic E-state index is 0.494. The molecule has 0 unspecified atom stereocenters. The Morgan fingerprint density at radius 2 is 1.96 bits per heavy atom. The maximum absolute atomic E-state index is 5.39. The van der Waals surface area contributed by atoms with E-state index in [1.165, 1.54) is 5.69 Å². The number of nitrogens with one attached hydrogen (secondary N) is 1. The smallest absolute Gasteiger partial charge is 0.0894 e. The largest absolute Gasteiger partial charge is 0.380 e. The normalized spacial score (nSPS) is 16.1. The summed E-state index contributed by atoms with van der Waals surface area (Å²) in [4.78, 5) is 9.71. The average Bonchev–Trinajstić information content (AvgIpc) is 3.12. The molecule has 6 heteroatoms. The maximum Gasteiger partial charge on any atom is 0.0894 e. The lowest BCUT2D eigenvalue weighted by Gasteiger charge is -2.22. The van der Waals surface area contributed by atoms with Gasteiger partial charge in [0.15, 0.2) is 0 Å². The molecule has 4 heterocycles. The molecule has 0 amide bonds. The van der Waals surface area contributed by atoms with Crippen LogP contribution < -0.4 is 5.32 Å². The molecular weight excluding hydrogens is 338 g/mol. The third kappa shape index (κ3) is 4.07. The van der Waals surface area contributed by atoms with Gasteiger partial charge in [-0.2, -0.15) is 5.10 Å². The summed E-state index contributed by atoms with van der Waals surface area (Å²) in [6.45, 7) is 2.64. The maximum atomic E-state index is 5.39. The van der Waals surface area contributed by atoms with Crippen molar-refractivity contribution in [2.24, 2.45) is 7.05 Å². The predicted octanol–water partition coefficient (Wildman–Crippen LogP) is 3.02. The van der Waals surface area contributed by atoms with E-state index in [0.717, 1.165) is 53.8 Å². The second-order valence-corrected chi connectivity index (χ2v) is 7.05. The van der Waals surface area contributed by atoms with Crippen molar-refractivity contribution in [3.05, 3.63) is 53.6 Å². The molecule has 1 saturated heterocycles. The molecule has 0 aliphatic carbocycles. The number of methoxy groups -OCH3 is 1. The van der Waals surface area contributed by atoms with Gasteiger partial charge < -0.3 is 10.1 Å². The molecule has 27 heavy (non-hydrogen) atoms. The third-order valence-electron chi connectivity index (χ3n) is 5.02. The van der Waals surface area contributed by atoms with E-state index in [-0.39, 0.29) is 0 Å². The predicted molar refractivity (Wildman–Crippen MR) is 107 cm³/mol. The highest BCUT2D eigenvalue weighted by atomic mass is 16.5. The van der Waals surface area contributed by atoms with Gasteiger partial charge in [-0.15, -0.1) is 0 Å². The number of piperidine rings is 1. The van der Waals surface area contributed by atoms with Gasteiger partial charge in [0.2, 0.25) is 0 Å². The van der Waals surface area contributed by atoms with Crippen LogP contribution in [-0.2, 0) is 11.8 Å². The van der Waals surface area contributed by atoms with Crippen LogP contribution in [0.2, 0.25) is 0 Å². The second-order valence-electron chi connectivity index (χ2n) is 7.05. The molecule has 0 saturated carbocycles. The Morgan fingerprint density at radius 1 is 1.19 bits per heavy atom. The van der Waals surface area contributed by atoms with Gasteiger partial charge in [-0.25, -0.2) is 4.98 Å². The quantitative estimate of drug-likeness (QED) is 0.755. The number of nitrogens with zero attached hydrogens (tertiary/aromatic N) is 4. The van der Waals surface area contributed by atoms with Gasteiger partial charge in [0.1, 0.15) is 0 Å². The van der Waals surface area contributed by atoms with Crippen molar-refractivity contribution in [2.75, 3.05) is 26.8 Å². The summed E-state index contributed by atoms with van der Waals surface area (Å²) in [6, 6.07) is 8.32. The molecule has 140 valence electrons. The highest BCUT2D eigenvalue weighted by Gasteiger charge is 2.17. The fourth-order valence-corrected chi connectivity index (χ4v) is 3.61. The van der Waals surface area contributed by atoms with E-state index in [2.05, 4.69) is 34.7 Å². The van der Waals surface area contributed by atoms with Crippen LogP contribution in [0.5, 0.6) is 0 Å². The van der Waals surface area contributed by atoms with Crippen LogP contribution in [0.25, 0.3) is 22.7 Å². The number of aromatic nitrogens is 4. The van der Waals surface area contributed by atoms with Gasteiger partial charge >= 0.3 is 0 Å². The molecule has 6 nitrogen and oxygen atoms in total. The summed E-state index contributed by atoms with van der Waals surface area (Å²) < 4.78 is 7.18. The van der Waals surface area contributed by atoms with Crippen molar-refractivity contribution in [3.63, 3.8) is 0 Å². The number of hydrogen-bond donors (Lipinski definition) is 1. The lowest BCUT2D eigenvalue weighted by Crippen LogP contribution is -2.27. The summed E-state index contributed by atoms with van der Waals surface area (Å²) in [7, 11) is 3.61. The van der Waals surface area contributed by atoms with E-state index in [1.54, 1.807) is 11.8 Å². The molecule has 1 aliphatic heterocycles. The first-order chi connectivity index (χ1) is 13.2.